The number of amides is 3. The van der Waals surface area contributed by atoms with Crippen molar-refractivity contribution in [1.82, 2.24) is 16.2 Å². The van der Waals surface area contributed by atoms with Crippen molar-refractivity contribution in [2.24, 2.45) is 5.92 Å². The largest absolute Gasteiger partial charge is 0.454 e. The van der Waals surface area contributed by atoms with Crippen LogP contribution < -0.4 is 16.2 Å². The number of rotatable bonds is 7. The van der Waals surface area contributed by atoms with E-state index >= 15 is 0 Å². The van der Waals surface area contributed by atoms with Gasteiger partial charge in [0.2, 0.25) is 5.91 Å². The van der Waals surface area contributed by atoms with Gasteiger partial charge in [0.25, 0.3) is 11.8 Å². The number of ether oxygens (including phenoxy) is 1. The summed E-state index contributed by atoms with van der Waals surface area (Å²) in [5.74, 6) is -2.24. The standard InChI is InChI=1S/C17H22ClN3O5/c1-10(2)8-14(17(25)26-9-15(23)21-20-11(3)22)19-16(24)12-4-6-13(18)7-5-12/h4-7,10,14H,8-9H2,1-3H3,(H,19,24)(H,20,22)(H,21,23)/t14-/m1/s1. The summed E-state index contributed by atoms with van der Waals surface area (Å²) in [6.07, 6.45) is 0.339. The van der Waals surface area contributed by atoms with Gasteiger partial charge in [-0.25, -0.2) is 4.79 Å². The molecule has 1 aromatic rings. The van der Waals surface area contributed by atoms with Crippen LogP contribution in [0.15, 0.2) is 24.3 Å². The molecule has 26 heavy (non-hydrogen) atoms. The van der Waals surface area contributed by atoms with E-state index in [-0.39, 0.29) is 5.92 Å². The van der Waals surface area contributed by atoms with Gasteiger partial charge < -0.3 is 10.1 Å². The molecule has 1 rings (SSSR count). The lowest BCUT2D eigenvalue weighted by molar-refractivity contribution is -0.151. The van der Waals surface area contributed by atoms with Crippen molar-refractivity contribution in [1.29, 1.82) is 0 Å². The fourth-order valence-electron chi connectivity index (χ4n) is 1.96. The van der Waals surface area contributed by atoms with Crippen LogP contribution >= 0.6 is 11.6 Å². The Morgan fingerprint density at radius 2 is 1.69 bits per heavy atom. The molecule has 9 heteroatoms. The summed E-state index contributed by atoms with van der Waals surface area (Å²) in [5.41, 5.74) is 4.50. The molecule has 1 aromatic carbocycles. The van der Waals surface area contributed by atoms with Crippen molar-refractivity contribution < 1.29 is 23.9 Å². The molecule has 3 amide bonds. The predicted molar refractivity (Wildman–Crippen MR) is 95.1 cm³/mol. The molecule has 0 radical (unpaired) electrons. The van der Waals surface area contributed by atoms with E-state index in [1.54, 1.807) is 12.1 Å². The molecule has 0 spiro atoms. The second kappa shape index (κ2) is 10.4. The minimum Gasteiger partial charge on any atom is -0.454 e. The molecule has 0 aliphatic rings. The summed E-state index contributed by atoms with van der Waals surface area (Å²) in [5, 5.41) is 3.09. The minimum atomic E-state index is -0.910. The highest BCUT2D eigenvalue weighted by Crippen LogP contribution is 2.11. The lowest BCUT2D eigenvalue weighted by Crippen LogP contribution is -2.45. The van der Waals surface area contributed by atoms with Crippen molar-refractivity contribution in [2.75, 3.05) is 6.61 Å². The summed E-state index contributed by atoms with van der Waals surface area (Å²) in [7, 11) is 0. The number of carbonyl (C=O) groups excluding carboxylic acids is 4. The molecule has 0 fully saturated rings. The van der Waals surface area contributed by atoms with Gasteiger partial charge in [-0.15, -0.1) is 0 Å². The van der Waals surface area contributed by atoms with E-state index in [1.165, 1.54) is 19.1 Å². The van der Waals surface area contributed by atoms with Gasteiger partial charge >= 0.3 is 5.97 Å². The summed E-state index contributed by atoms with van der Waals surface area (Å²) < 4.78 is 4.92. The number of nitrogens with one attached hydrogen (secondary N) is 3. The van der Waals surface area contributed by atoms with Crippen LogP contribution in [0.3, 0.4) is 0 Å². The molecule has 0 saturated carbocycles. The lowest BCUT2D eigenvalue weighted by atomic mass is 10.0. The fraction of sp³-hybridized carbons (Fsp3) is 0.412. The zero-order chi connectivity index (χ0) is 19.7. The highest BCUT2D eigenvalue weighted by molar-refractivity contribution is 6.30. The van der Waals surface area contributed by atoms with Crippen LogP contribution in [0, 0.1) is 5.92 Å². The zero-order valence-electron chi connectivity index (χ0n) is 14.8. The third kappa shape index (κ3) is 7.98. The van der Waals surface area contributed by atoms with E-state index in [1.807, 2.05) is 13.8 Å². The Morgan fingerprint density at radius 1 is 1.08 bits per heavy atom. The van der Waals surface area contributed by atoms with Gasteiger partial charge in [-0.1, -0.05) is 25.4 Å². The van der Waals surface area contributed by atoms with Crippen LogP contribution in [-0.2, 0) is 19.1 Å². The molecule has 0 bridgehead atoms. The van der Waals surface area contributed by atoms with Gasteiger partial charge in [0.1, 0.15) is 6.04 Å². The summed E-state index contributed by atoms with van der Waals surface area (Å²) in [6, 6.07) is 5.30. The SMILES string of the molecule is CC(=O)NNC(=O)COC(=O)[C@@H](CC(C)C)NC(=O)c1ccc(Cl)cc1. The van der Waals surface area contributed by atoms with E-state index < -0.39 is 36.3 Å². The normalized spacial score (nSPS) is 11.4. The fourth-order valence-corrected chi connectivity index (χ4v) is 2.09. The summed E-state index contributed by atoms with van der Waals surface area (Å²) >= 11 is 5.79. The number of carbonyl (C=O) groups is 4. The average Bonchev–Trinajstić information content (AvgIpc) is 2.57. The van der Waals surface area contributed by atoms with E-state index in [4.69, 9.17) is 16.3 Å². The highest BCUT2D eigenvalue weighted by Gasteiger charge is 2.24. The average molecular weight is 384 g/mol. The number of hydrogen-bond acceptors (Lipinski definition) is 5. The van der Waals surface area contributed by atoms with E-state index in [2.05, 4.69) is 16.2 Å². The number of hydrazine groups is 1. The number of halogens is 1. The lowest BCUT2D eigenvalue weighted by Gasteiger charge is -2.19. The Balaban J connectivity index is 2.65. The maximum Gasteiger partial charge on any atom is 0.329 e. The molecule has 3 N–H and O–H groups in total. The molecule has 0 saturated heterocycles. The second-order valence-corrected chi connectivity index (χ2v) is 6.44. The molecule has 0 heterocycles. The van der Waals surface area contributed by atoms with Crippen LogP contribution in [0.25, 0.3) is 0 Å². The summed E-state index contributed by atoms with van der Waals surface area (Å²) in [4.78, 5) is 46.7. The molecule has 0 aliphatic heterocycles. The number of benzene rings is 1. The molecule has 0 aromatic heterocycles. The first-order chi connectivity index (χ1) is 12.2. The zero-order valence-corrected chi connectivity index (χ0v) is 15.6. The maximum atomic E-state index is 12.3. The first kappa shape index (κ1) is 21.4. The van der Waals surface area contributed by atoms with Gasteiger partial charge in [-0.3, -0.25) is 25.2 Å². The Kier molecular flexibility index (Phi) is 8.57. The Labute approximate surface area is 156 Å². The van der Waals surface area contributed by atoms with E-state index in [0.29, 0.717) is 17.0 Å². The van der Waals surface area contributed by atoms with Crippen LogP contribution in [0.1, 0.15) is 37.6 Å². The molecule has 0 unspecified atom stereocenters. The molecule has 1 atom stereocenters. The van der Waals surface area contributed by atoms with Crippen LogP contribution in [0.5, 0.6) is 0 Å². The molecular weight excluding hydrogens is 362 g/mol. The minimum absolute atomic E-state index is 0.103. The van der Waals surface area contributed by atoms with Gasteiger partial charge in [0.15, 0.2) is 6.61 Å². The third-order valence-corrected chi connectivity index (χ3v) is 3.38. The predicted octanol–water partition coefficient (Wildman–Crippen LogP) is 1.19. The van der Waals surface area contributed by atoms with Gasteiger partial charge in [0, 0.05) is 17.5 Å². The molecule has 8 nitrogen and oxygen atoms in total. The van der Waals surface area contributed by atoms with Crippen LogP contribution in [-0.4, -0.2) is 36.3 Å². The Hall–Kier alpha value is -2.61. The Morgan fingerprint density at radius 3 is 2.23 bits per heavy atom. The first-order valence-corrected chi connectivity index (χ1v) is 8.35. The van der Waals surface area contributed by atoms with Crippen molar-refractivity contribution in [2.45, 2.75) is 33.2 Å². The quantitative estimate of drug-likeness (QED) is 0.483. The van der Waals surface area contributed by atoms with Gasteiger partial charge in [-0.2, -0.15) is 0 Å². The van der Waals surface area contributed by atoms with Crippen molar-refractivity contribution in [3.63, 3.8) is 0 Å². The smallest absolute Gasteiger partial charge is 0.329 e. The van der Waals surface area contributed by atoms with Crippen LogP contribution in [0.2, 0.25) is 5.02 Å². The highest BCUT2D eigenvalue weighted by atomic mass is 35.5. The van der Waals surface area contributed by atoms with Gasteiger partial charge in [0.05, 0.1) is 0 Å². The summed E-state index contributed by atoms with van der Waals surface area (Å²) in [6.45, 7) is 4.41. The number of esters is 1. The molecule has 142 valence electrons. The first-order valence-electron chi connectivity index (χ1n) is 7.97. The van der Waals surface area contributed by atoms with Crippen molar-refractivity contribution >= 4 is 35.3 Å². The monoisotopic (exact) mass is 383 g/mol. The van der Waals surface area contributed by atoms with E-state index in [9.17, 15) is 19.2 Å². The van der Waals surface area contributed by atoms with E-state index in [0.717, 1.165) is 0 Å². The third-order valence-electron chi connectivity index (χ3n) is 3.13. The van der Waals surface area contributed by atoms with Crippen molar-refractivity contribution in [3.8, 4) is 0 Å². The van der Waals surface area contributed by atoms with Crippen molar-refractivity contribution in [3.05, 3.63) is 34.9 Å². The maximum absolute atomic E-state index is 12.3. The van der Waals surface area contributed by atoms with Crippen LogP contribution in [0.4, 0.5) is 0 Å². The second-order valence-electron chi connectivity index (χ2n) is 6.00. The van der Waals surface area contributed by atoms with Gasteiger partial charge in [-0.05, 0) is 36.6 Å². The number of hydrogen-bond donors (Lipinski definition) is 3. The Bertz CT molecular complexity index is 661. The molecular formula is C17H22ClN3O5. The molecule has 0 aliphatic carbocycles. The topological polar surface area (TPSA) is 114 Å².